The van der Waals surface area contributed by atoms with Crippen molar-refractivity contribution in [1.29, 1.82) is 0 Å². The highest BCUT2D eigenvalue weighted by atomic mass is 32.2. The first-order chi connectivity index (χ1) is 20.7. The maximum atomic E-state index is 11.5. The van der Waals surface area contributed by atoms with Gasteiger partial charge in [0, 0.05) is 70.1 Å². The Morgan fingerprint density at radius 2 is 1.88 bits per heavy atom. The van der Waals surface area contributed by atoms with Crippen molar-refractivity contribution in [3.63, 3.8) is 0 Å². The molecule has 1 unspecified atom stereocenters. The maximum Gasteiger partial charge on any atom is 0.227 e. The van der Waals surface area contributed by atoms with Crippen molar-refractivity contribution < 1.29 is 17.9 Å². The van der Waals surface area contributed by atoms with Gasteiger partial charge in [-0.3, -0.25) is 4.90 Å². The van der Waals surface area contributed by atoms with Gasteiger partial charge < -0.3 is 25.0 Å². The van der Waals surface area contributed by atoms with Gasteiger partial charge in [0.2, 0.25) is 5.95 Å². The molecule has 0 radical (unpaired) electrons. The van der Waals surface area contributed by atoms with Gasteiger partial charge in [0.1, 0.15) is 27.2 Å². The van der Waals surface area contributed by atoms with Crippen LogP contribution in [0, 0.1) is 0 Å². The van der Waals surface area contributed by atoms with E-state index in [2.05, 4.69) is 36.5 Å². The number of ether oxygens (including phenoxy) is 2. The Hall–Kier alpha value is -3.75. The van der Waals surface area contributed by atoms with Crippen LogP contribution < -0.4 is 15.5 Å². The van der Waals surface area contributed by atoms with Crippen LogP contribution in [0.3, 0.4) is 0 Å². The van der Waals surface area contributed by atoms with E-state index in [0.717, 1.165) is 77.1 Å². The van der Waals surface area contributed by atoms with Crippen molar-refractivity contribution in [2.24, 2.45) is 0 Å². The number of aromatic nitrogens is 4. The van der Waals surface area contributed by atoms with Crippen molar-refractivity contribution in [1.82, 2.24) is 24.8 Å². The monoisotopic (exact) mass is 626 g/mol. The number of hydrogen-bond donors (Lipinski definition) is 2. The molecule has 2 aliphatic rings. The smallest absolute Gasteiger partial charge is 0.227 e. The van der Waals surface area contributed by atoms with Crippen LogP contribution in [-0.2, 0) is 19.3 Å². The van der Waals surface area contributed by atoms with Crippen LogP contribution in [0.2, 0.25) is 0 Å². The molecule has 4 heterocycles. The Kier molecular flexibility index (Phi) is 9.78. The van der Waals surface area contributed by atoms with Gasteiger partial charge in [-0.05, 0) is 31.2 Å². The lowest BCUT2D eigenvalue weighted by molar-refractivity contribution is 0.252. The molecular weight excluding hydrogens is 589 g/mol. The van der Waals surface area contributed by atoms with Crippen LogP contribution in [-0.4, -0.2) is 98.8 Å². The third-order valence-electron chi connectivity index (χ3n) is 7.29. The Labute approximate surface area is 256 Å². The quantitative estimate of drug-likeness (QED) is 0.302. The van der Waals surface area contributed by atoms with Crippen LogP contribution >= 0.6 is 11.3 Å². The van der Waals surface area contributed by atoms with Crippen LogP contribution in [0.5, 0.6) is 0 Å². The molecule has 0 aromatic carbocycles. The summed E-state index contributed by atoms with van der Waals surface area (Å²) in [6, 6.07) is 5.84. The lowest BCUT2D eigenvalue weighted by Crippen LogP contribution is -2.47. The fourth-order valence-electron chi connectivity index (χ4n) is 5.00. The van der Waals surface area contributed by atoms with Crippen molar-refractivity contribution in [3.05, 3.63) is 60.0 Å². The standard InChI is InChI=1S/C29H38N8O4S2/c1-5-30-29-35-26(20-16-22(40-2)18-23(17-20)41-3)27(42-29)24-8-9-31-28(34-24)33-21-6-7-25(32-19-21)37-12-10-36(11-13-37)14-15-43(4,38)39/h6-9,16,18-20H,5,10-15,17H2,1-4H3,(H,30,35)(H,31,33,34). The van der Waals surface area contributed by atoms with E-state index < -0.39 is 9.84 Å². The molecule has 1 saturated heterocycles. The van der Waals surface area contributed by atoms with Crippen LogP contribution in [0.4, 0.5) is 22.6 Å². The molecular formula is C29H38N8O4S2. The molecule has 0 amide bonds. The van der Waals surface area contributed by atoms with Crippen LogP contribution in [0.15, 0.2) is 54.3 Å². The molecule has 230 valence electrons. The number of hydrogen-bond acceptors (Lipinski definition) is 13. The average molecular weight is 627 g/mol. The number of rotatable bonds is 12. The summed E-state index contributed by atoms with van der Waals surface area (Å²) in [6.07, 6.45) is 9.45. The van der Waals surface area contributed by atoms with E-state index in [1.54, 1.807) is 38.0 Å². The third kappa shape index (κ3) is 8.00. The number of methoxy groups -OCH3 is 2. The van der Waals surface area contributed by atoms with E-state index >= 15 is 0 Å². The van der Waals surface area contributed by atoms with Crippen molar-refractivity contribution in [3.8, 4) is 10.6 Å². The van der Waals surface area contributed by atoms with E-state index in [1.165, 1.54) is 6.26 Å². The molecule has 0 saturated carbocycles. The second-order valence-corrected chi connectivity index (χ2v) is 13.7. The summed E-state index contributed by atoms with van der Waals surface area (Å²) in [5.41, 5.74) is 2.46. The first-order valence-corrected chi connectivity index (χ1v) is 17.1. The SMILES string of the molecule is CCNc1nc(C2C=C(OC)C=C(OC)C2)c(-c2ccnc(Nc3ccc(N4CCN(CCS(C)(=O)=O)CC4)nc3)n2)s1. The third-order valence-corrected chi connectivity index (χ3v) is 9.26. The van der Waals surface area contributed by atoms with Crippen molar-refractivity contribution >= 4 is 43.8 Å². The zero-order valence-electron chi connectivity index (χ0n) is 24.9. The predicted octanol–water partition coefficient (Wildman–Crippen LogP) is 3.89. The molecule has 1 aliphatic heterocycles. The van der Waals surface area contributed by atoms with Gasteiger partial charge in [0.05, 0.1) is 48.1 Å². The largest absolute Gasteiger partial charge is 0.501 e. The van der Waals surface area contributed by atoms with E-state index in [-0.39, 0.29) is 11.7 Å². The Bertz CT molecular complexity index is 1570. The molecule has 2 N–H and O–H groups in total. The molecule has 3 aromatic rings. The van der Waals surface area contributed by atoms with E-state index in [9.17, 15) is 8.42 Å². The van der Waals surface area contributed by atoms with Gasteiger partial charge in [0.15, 0.2) is 5.13 Å². The molecule has 1 aliphatic carbocycles. The highest BCUT2D eigenvalue weighted by molar-refractivity contribution is 7.90. The number of nitrogens with one attached hydrogen (secondary N) is 2. The lowest BCUT2D eigenvalue weighted by atomic mass is 9.93. The van der Waals surface area contributed by atoms with Crippen LogP contribution in [0.25, 0.3) is 10.6 Å². The van der Waals surface area contributed by atoms with E-state index in [0.29, 0.717) is 18.9 Å². The van der Waals surface area contributed by atoms with E-state index in [1.807, 2.05) is 31.2 Å². The van der Waals surface area contributed by atoms with Gasteiger partial charge in [-0.2, -0.15) is 0 Å². The minimum Gasteiger partial charge on any atom is -0.501 e. The summed E-state index contributed by atoms with van der Waals surface area (Å²) in [5, 5.41) is 7.46. The topological polar surface area (TPSA) is 135 Å². The molecule has 43 heavy (non-hydrogen) atoms. The number of allylic oxidation sites excluding steroid dienone is 3. The Balaban J connectivity index is 1.28. The Morgan fingerprint density at radius 3 is 2.56 bits per heavy atom. The number of nitrogens with zero attached hydrogens (tertiary/aromatic N) is 6. The lowest BCUT2D eigenvalue weighted by Gasteiger charge is -2.35. The summed E-state index contributed by atoms with van der Waals surface area (Å²) in [5.74, 6) is 3.08. The summed E-state index contributed by atoms with van der Waals surface area (Å²) < 4.78 is 34.1. The molecule has 3 aromatic heterocycles. The predicted molar refractivity (Wildman–Crippen MR) is 171 cm³/mol. The Morgan fingerprint density at radius 1 is 1.07 bits per heavy atom. The first-order valence-electron chi connectivity index (χ1n) is 14.2. The first kappa shape index (κ1) is 30.7. The molecule has 0 spiro atoms. The minimum atomic E-state index is -2.96. The van der Waals surface area contributed by atoms with Gasteiger partial charge in [-0.1, -0.05) is 11.3 Å². The molecule has 14 heteroatoms. The van der Waals surface area contributed by atoms with Crippen molar-refractivity contribution in [2.45, 2.75) is 19.3 Å². The van der Waals surface area contributed by atoms with E-state index in [4.69, 9.17) is 19.4 Å². The number of piperazine rings is 1. The number of sulfone groups is 1. The summed E-state index contributed by atoms with van der Waals surface area (Å²) >= 11 is 1.56. The van der Waals surface area contributed by atoms with Gasteiger partial charge in [-0.15, -0.1) is 0 Å². The summed E-state index contributed by atoms with van der Waals surface area (Å²) in [4.78, 5) is 24.2. The van der Waals surface area contributed by atoms with Gasteiger partial charge in [0.25, 0.3) is 0 Å². The number of anilines is 4. The number of thiazole rings is 1. The molecule has 5 rings (SSSR count). The summed E-state index contributed by atoms with van der Waals surface area (Å²) in [6.45, 7) is 6.58. The van der Waals surface area contributed by atoms with Gasteiger partial charge in [-0.25, -0.2) is 28.4 Å². The second kappa shape index (κ2) is 13.7. The summed E-state index contributed by atoms with van der Waals surface area (Å²) in [7, 11) is 0.363. The van der Waals surface area contributed by atoms with Crippen molar-refractivity contribution in [2.75, 3.05) is 81.0 Å². The second-order valence-electron chi connectivity index (χ2n) is 10.4. The zero-order valence-corrected chi connectivity index (χ0v) is 26.5. The molecule has 1 atom stereocenters. The highest BCUT2D eigenvalue weighted by Gasteiger charge is 2.26. The zero-order chi connectivity index (χ0) is 30.4. The molecule has 1 fully saturated rings. The highest BCUT2D eigenvalue weighted by Crippen LogP contribution is 2.41. The maximum absolute atomic E-state index is 11.5. The molecule has 12 nitrogen and oxygen atoms in total. The fraction of sp³-hybridized carbons (Fsp3) is 0.448. The molecule has 0 bridgehead atoms. The average Bonchev–Trinajstić information content (AvgIpc) is 3.44. The fourth-order valence-corrected chi connectivity index (χ4v) is 6.66. The van der Waals surface area contributed by atoms with Gasteiger partial charge >= 0.3 is 0 Å². The normalized spacial score (nSPS) is 17.7. The number of pyridine rings is 1. The minimum absolute atomic E-state index is 0.0294. The van der Waals surface area contributed by atoms with Crippen LogP contribution in [0.1, 0.15) is 25.0 Å².